The lowest BCUT2D eigenvalue weighted by atomic mass is 10.1. The first-order chi connectivity index (χ1) is 10.5. The molecule has 0 fully saturated rings. The summed E-state index contributed by atoms with van der Waals surface area (Å²) in [6.45, 7) is 4.06. The number of benzene rings is 2. The van der Waals surface area contributed by atoms with Crippen LogP contribution in [0, 0.1) is 13.8 Å². The molecule has 3 rings (SSSR count). The number of hydrogen-bond donors (Lipinski definition) is 2. The van der Waals surface area contributed by atoms with Crippen molar-refractivity contribution in [2.75, 3.05) is 5.32 Å². The van der Waals surface area contributed by atoms with Gasteiger partial charge in [0.15, 0.2) is 0 Å². The molecule has 22 heavy (non-hydrogen) atoms. The van der Waals surface area contributed by atoms with Crippen LogP contribution < -0.4 is 5.32 Å². The van der Waals surface area contributed by atoms with Crippen LogP contribution >= 0.6 is 11.6 Å². The van der Waals surface area contributed by atoms with Crippen molar-refractivity contribution in [1.82, 2.24) is 4.98 Å². The summed E-state index contributed by atoms with van der Waals surface area (Å²) in [5.41, 5.74) is 5.09. The Morgan fingerprint density at radius 3 is 2.59 bits per heavy atom. The Bertz CT molecular complexity index is 834. The number of fused-ring (bicyclic) bond motifs is 1. The number of nitrogens with one attached hydrogen (secondary N) is 2. The lowest BCUT2D eigenvalue weighted by Crippen LogP contribution is -2.14. The maximum atomic E-state index is 12.3. The molecular formula is C18H17ClN2O. The highest BCUT2D eigenvalue weighted by Crippen LogP contribution is 2.24. The van der Waals surface area contributed by atoms with E-state index in [0.717, 1.165) is 27.8 Å². The summed E-state index contributed by atoms with van der Waals surface area (Å²) in [6, 6.07) is 13.4. The third-order valence-corrected chi connectivity index (χ3v) is 3.99. The maximum absolute atomic E-state index is 12.3. The number of carbonyl (C=O) groups is 1. The molecule has 4 heteroatoms. The van der Waals surface area contributed by atoms with Gasteiger partial charge in [-0.1, -0.05) is 23.2 Å². The molecule has 0 aliphatic rings. The molecule has 2 N–H and O–H groups in total. The van der Waals surface area contributed by atoms with Crippen molar-refractivity contribution in [2.45, 2.75) is 20.3 Å². The van der Waals surface area contributed by atoms with E-state index in [9.17, 15) is 4.79 Å². The van der Waals surface area contributed by atoms with Gasteiger partial charge in [-0.3, -0.25) is 4.79 Å². The van der Waals surface area contributed by atoms with Gasteiger partial charge in [0.25, 0.3) is 0 Å². The Morgan fingerprint density at radius 2 is 1.86 bits per heavy atom. The Hall–Kier alpha value is -2.26. The van der Waals surface area contributed by atoms with Crippen molar-refractivity contribution < 1.29 is 4.79 Å². The largest absolute Gasteiger partial charge is 0.358 e. The van der Waals surface area contributed by atoms with Crippen LogP contribution in [0.15, 0.2) is 42.5 Å². The highest BCUT2D eigenvalue weighted by atomic mass is 35.5. The van der Waals surface area contributed by atoms with Crippen LogP contribution in [-0.4, -0.2) is 10.9 Å². The lowest BCUT2D eigenvalue weighted by Gasteiger charge is -2.06. The molecule has 1 heterocycles. The number of halogens is 1. The maximum Gasteiger partial charge on any atom is 0.228 e. The third kappa shape index (κ3) is 3.00. The highest BCUT2D eigenvalue weighted by Gasteiger charge is 2.12. The van der Waals surface area contributed by atoms with Crippen LogP contribution in [0.25, 0.3) is 10.9 Å². The van der Waals surface area contributed by atoms with E-state index < -0.39 is 0 Å². The van der Waals surface area contributed by atoms with Gasteiger partial charge in [0.2, 0.25) is 5.91 Å². The number of carbonyl (C=O) groups excluding carboxylic acids is 1. The third-order valence-electron chi connectivity index (χ3n) is 3.74. The van der Waals surface area contributed by atoms with E-state index in [1.807, 2.05) is 6.92 Å². The van der Waals surface area contributed by atoms with Crippen molar-refractivity contribution in [1.29, 1.82) is 0 Å². The van der Waals surface area contributed by atoms with E-state index in [1.165, 1.54) is 5.56 Å². The zero-order valence-electron chi connectivity index (χ0n) is 12.5. The standard InChI is InChI=1S/C18H17ClN2O/c1-11-3-8-17-16(9-11)15(12(2)20-17)10-18(22)21-14-6-4-13(19)5-7-14/h3-9,20H,10H2,1-2H3,(H,21,22). The van der Waals surface area contributed by atoms with Crippen LogP contribution in [0.1, 0.15) is 16.8 Å². The molecule has 3 aromatic rings. The number of amides is 1. The van der Waals surface area contributed by atoms with E-state index in [1.54, 1.807) is 24.3 Å². The van der Waals surface area contributed by atoms with Gasteiger partial charge in [0.1, 0.15) is 0 Å². The normalized spacial score (nSPS) is 10.9. The van der Waals surface area contributed by atoms with Crippen molar-refractivity contribution in [3.63, 3.8) is 0 Å². The fourth-order valence-corrected chi connectivity index (χ4v) is 2.75. The molecule has 0 unspecified atom stereocenters. The van der Waals surface area contributed by atoms with E-state index >= 15 is 0 Å². The summed E-state index contributed by atoms with van der Waals surface area (Å²) in [4.78, 5) is 15.6. The molecule has 0 spiro atoms. The molecule has 0 radical (unpaired) electrons. The Kier molecular flexibility index (Phi) is 3.90. The first-order valence-electron chi connectivity index (χ1n) is 7.16. The van der Waals surface area contributed by atoms with Crippen molar-refractivity contribution in [2.24, 2.45) is 0 Å². The van der Waals surface area contributed by atoms with Crippen molar-refractivity contribution >= 4 is 34.1 Å². The molecule has 2 aromatic carbocycles. The Morgan fingerprint density at radius 1 is 1.14 bits per heavy atom. The summed E-state index contributed by atoms with van der Waals surface area (Å²) in [5.74, 6) is -0.0344. The second kappa shape index (κ2) is 5.85. The van der Waals surface area contributed by atoms with Crippen molar-refractivity contribution in [3.8, 4) is 0 Å². The fraction of sp³-hybridized carbons (Fsp3) is 0.167. The zero-order chi connectivity index (χ0) is 15.7. The minimum absolute atomic E-state index is 0.0344. The average Bonchev–Trinajstić information content (AvgIpc) is 2.77. The predicted octanol–water partition coefficient (Wildman–Crippen LogP) is 4.62. The van der Waals surface area contributed by atoms with Gasteiger partial charge in [0.05, 0.1) is 6.42 Å². The fourth-order valence-electron chi connectivity index (χ4n) is 2.62. The SMILES string of the molecule is Cc1ccc2[nH]c(C)c(CC(=O)Nc3ccc(Cl)cc3)c2c1. The topological polar surface area (TPSA) is 44.9 Å². The van der Waals surface area contributed by atoms with Crippen LogP contribution in [0.5, 0.6) is 0 Å². The van der Waals surface area contributed by atoms with Crippen molar-refractivity contribution in [3.05, 3.63) is 64.3 Å². The first-order valence-corrected chi connectivity index (χ1v) is 7.54. The minimum atomic E-state index is -0.0344. The molecule has 0 saturated carbocycles. The number of rotatable bonds is 3. The second-order valence-electron chi connectivity index (χ2n) is 5.51. The number of aromatic amines is 1. The van der Waals surface area contributed by atoms with E-state index in [0.29, 0.717) is 11.4 Å². The Labute approximate surface area is 134 Å². The van der Waals surface area contributed by atoms with Gasteiger partial charge in [0, 0.05) is 27.3 Å². The van der Waals surface area contributed by atoms with Gasteiger partial charge in [-0.15, -0.1) is 0 Å². The van der Waals surface area contributed by atoms with Gasteiger partial charge >= 0.3 is 0 Å². The lowest BCUT2D eigenvalue weighted by molar-refractivity contribution is -0.115. The summed E-state index contributed by atoms with van der Waals surface area (Å²) in [5, 5.41) is 4.67. The monoisotopic (exact) mass is 312 g/mol. The summed E-state index contributed by atoms with van der Waals surface area (Å²) in [7, 11) is 0. The van der Waals surface area contributed by atoms with Crippen LogP contribution in [0.4, 0.5) is 5.69 Å². The smallest absolute Gasteiger partial charge is 0.228 e. The number of aromatic nitrogens is 1. The van der Waals surface area contributed by atoms with Gasteiger partial charge in [-0.05, 0) is 55.8 Å². The molecule has 0 aliphatic carbocycles. The molecule has 1 amide bonds. The minimum Gasteiger partial charge on any atom is -0.358 e. The van der Waals surface area contributed by atoms with Crippen LogP contribution in [0.2, 0.25) is 5.02 Å². The number of hydrogen-bond acceptors (Lipinski definition) is 1. The van der Waals surface area contributed by atoms with Crippen LogP contribution in [0.3, 0.4) is 0 Å². The molecule has 0 saturated heterocycles. The molecule has 0 atom stereocenters. The number of H-pyrrole nitrogens is 1. The average molecular weight is 313 g/mol. The van der Waals surface area contributed by atoms with Gasteiger partial charge in [-0.2, -0.15) is 0 Å². The molecule has 0 aliphatic heterocycles. The summed E-state index contributed by atoms with van der Waals surface area (Å²) < 4.78 is 0. The van der Waals surface area contributed by atoms with E-state index in [2.05, 4.69) is 35.4 Å². The number of aryl methyl sites for hydroxylation is 2. The molecule has 0 bridgehead atoms. The van der Waals surface area contributed by atoms with E-state index in [-0.39, 0.29) is 5.91 Å². The zero-order valence-corrected chi connectivity index (χ0v) is 13.3. The Balaban J connectivity index is 1.83. The molecule has 112 valence electrons. The molecule has 1 aromatic heterocycles. The highest BCUT2D eigenvalue weighted by molar-refractivity contribution is 6.30. The summed E-state index contributed by atoms with van der Waals surface area (Å²) in [6.07, 6.45) is 0.345. The number of anilines is 1. The van der Waals surface area contributed by atoms with Crippen LogP contribution in [-0.2, 0) is 11.2 Å². The predicted molar refractivity (Wildman–Crippen MR) is 91.6 cm³/mol. The molecule has 3 nitrogen and oxygen atoms in total. The van der Waals surface area contributed by atoms with Gasteiger partial charge in [-0.25, -0.2) is 0 Å². The van der Waals surface area contributed by atoms with E-state index in [4.69, 9.17) is 11.6 Å². The van der Waals surface area contributed by atoms with Gasteiger partial charge < -0.3 is 10.3 Å². The second-order valence-corrected chi connectivity index (χ2v) is 5.95. The summed E-state index contributed by atoms with van der Waals surface area (Å²) >= 11 is 5.85. The first kappa shape index (κ1) is 14.7. The quantitative estimate of drug-likeness (QED) is 0.728. The molecular weight excluding hydrogens is 296 g/mol.